The Morgan fingerprint density at radius 3 is 2.47 bits per heavy atom. The zero-order chi connectivity index (χ0) is 27.0. The third-order valence-corrected chi connectivity index (χ3v) is 6.69. The summed E-state index contributed by atoms with van der Waals surface area (Å²) in [6, 6.07) is 6.09. The molecule has 4 aromatic rings. The molecule has 1 aliphatic rings. The number of amides is 1. The van der Waals surface area contributed by atoms with Gasteiger partial charge in [0.1, 0.15) is 17.0 Å². The summed E-state index contributed by atoms with van der Waals surface area (Å²) < 4.78 is 31.6. The Balaban J connectivity index is 1.37. The van der Waals surface area contributed by atoms with Crippen LogP contribution in [0.15, 0.2) is 30.5 Å². The Bertz CT molecular complexity index is 1480. The standard InChI is InChI=1S/C26H29F2N9O/c1-5-35-8-10-36(11-9-35)25(38)20-6-7-22(34-33-20)31-26-29-14-19(28)23(32-26)17-12-18(27)24-21(13-17)37(15(2)3)16(4)30-24/h6-7,12-15H,5,8-11H2,1-4H3,(H,29,31,32,34). The van der Waals surface area contributed by atoms with E-state index in [0.717, 1.165) is 25.8 Å². The summed E-state index contributed by atoms with van der Waals surface area (Å²) in [7, 11) is 0. The van der Waals surface area contributed by atoms with Gasteiger partial charge in [-0.3, -0.25) is 4.79 Å². The largest absolute Gasteiger partial charge is 0.335 e. The van der Waals surface area contributed by atoms with Crippen molar-refractivity contribution in [2.24, 2.45) is 0 Å². The Morgan fingerprint density at radius 1 is 1.05 bits per heavy atom. The lowest BCUT2D eigenvalue weighted by Crippen LogP contribution is -2.48. The summed E-state index contributed by atoms with van der Waals surface area (Å²) in [5.41, 5.74) is 1.22. The van der Waals surface area contributed by atoms with Gasteiger partial charge in [0.2, 0.25) is 5.95 Å². The van der Waals surface area contributed by atoms with Crippen LogP contribution in [0.3, 0.4) is 0 Å². The van der Waals surface area contributed by atoms with Crippen LogP contribution in [0.1, 0.15) is 43.1 Å². The Kier molecular flexibility index (Phi) is 6.98. The first kappa shape index (κ1) is 25.6. The number of rotatable bonds is 6. The second-order valence-corrected chi connectivity index (χ2v) is 9.49. The van der Waals surface area contributed by atoms with Crippen LogP contribution < -0.4 is 5.32 Å². The van der Waals surface area contributed by atoms with Crippen LogP contribution in [0.4, 0.5) is 20.5 Å². The second kappa shape index (κ2) is 10.4. The Hall–Kier alpha value is -4.06. The lowest BCUT2D eigenvalue weighted by Gasteiger charge is -2.33. The molecule has 0 spiro atoms. The molecule has 1 aliphatic heterocycles. The molecule has 1 saturated heterocycles. The number of carbonyl (C=O) groups is 1. The number of hydrogen-bond acceptors (Lipinski definition) is 8. The van der Waals surface area contributed by atoms with Gasteiger partial charge >= 0.3 is 0 Å². The van der Waals surface area contributed by atoms with Crippen LogP contribution in [-0.2, 0) is 0 Å². The number of fused-ring (bicyclic) bond motifs is 1. The topological polar surface area (TPSA) is 105 Å². The number of likely N-dealkylation sites (N-methyl/N-ethyl adjacent to an activating group) is 1. The number of aromatic nitrogens is 6. The van der Waals surface area contributed by atoms with Crippen molar-refractivity contribution >= 4 is 28.7 Å². The van der Waals surface area contributed by atoms with Crippen LogP contribution in [0.2, 0.25) is 0 Å². The van der Waals surface area contributed by atoms with Crippen molar-refractivity contribution in [3.8, 4) is 11.3 Å². The molecule has 0 atom stereocenters. The average Bonchev–Trinajstić information content (AvgIpc) is 3.26. The smallest absolute Gasteiger partial charge is 0.274 e. The number of imidazole rings is 1. The predicted octanol–water partition coefficient (Wildman–Crippen LogP) is 3.97. The number of anilines is 2. The molecule has 0 bridgehead atoms. The van der Waals surface area contributed by atoms with Gasteiger partial charge in [-0.25, -0.2) is 23.7 Å². The number of aryl methyl sites for hydroxylation is 1. The lowest BCUT2D eigenvalue weighted by molar-refractivity contribution is 0.0636. The Labute approximate surface area is 218 Å². The number of benzene rings is 1. The minimum atomic E-state index is -0.697. The quantitative estimate of drug-likeness (QED) is 0.406. The van der Waals surface area contributed by atoms with Crippen molar-refractivity contribution in [2.45, 2.75) is 33.7 Å². The van der Waals surface area contributed by atoms with Gasteiger partial charge in [0.05, 0.1) is 11.7 Å². The second-order valence-electron chi connectivity index (χ2n) is 9.49. The third kappa shape index (κ3) is 4.91. The highest BCUT2D eigenvalue weighted by Crippen LogP contribution is 2.30. The number of hydrogen-bond donors (Lipinski definition) is 1. The summed E-state index contributed by atoms with van der Waals surface area (Å²) in [5.74, 6) is -0.426. The molecule has 1 N–H and O–H groups in total. The van der Waals surface area contributed by atoms with Crippen molar-refractivity contribution in [2.75, 3.05) is 38.0 Å². The summed E-state index contributed by atoms with van der Waals surface area (Å²) >= 11 is 0. The van der Waals surface area contributed by atoms with Crippen molar-refractivity contribution in [3.63, 3.8) is 0 Å². The zero-order valence-electron chi connectivity index (χ0n) is 21.7. The number of carbonyl (C=O) groups excluding carboxylic acids is 1. The van der Waals surface area contributed by atoms with Gasteiger partial charge in [-0.1, -0.05) is 6.92 Å². The van der Waals surface area contributed by atoms with E-state index in [1.807, 2.05) is 18.4 Å². The van der Waals surface area contributed by atoms with E-state index in [2.05, 4.69) is 42.3 Å². The van der Waals surface area contributed by atoms with Gasteiger partial charge in [0.15, 0.2) is 23.1 Å². The van der Waals surface area contributed by atoms with Crippen LogP contribution in [-0.4, -0.2) is 78.1 Å². The van der Waals surface area contributed by atoms with Gasteiger partial charge in [-0.15, -0.1) is 10.2 Å². The molecule has 5 rings (SSSR count). The van der Waals surface area contributed by atoms with E-state index in [-0.39, 0.29) is 46.2 Å². The van der Waals surface area contributed by atoms with Crippen LogP contribution >= 0.6 is 0 Å². The number of nitrogens with one attached hydrogen (secondary N) is 1. The summed E-state index contributed by atoms with van der Waals surface area (Å²) in [6.07, 6.45) is 1.01. The van der Waals surface area contributed by atoms with E-state index < -0.39 is 11.6 Å². The van der Waals surface area contributed by atoms with E-state index in [1.165, 1.54) is 6.07 Å². The summed E-state index contributed by atoms with van der Waals surface area (Å²) in [4.78, 5) is 29.4. The SMILES string of the molecule is CCN1CCN(C(=O)c2ccc(Nc3ncc(F)c(-c4cc(F)c5nc(C)n(C(C)C)c5c4)n3)nn2)CC1. The van der Waals surface area contributed by atoms with Crippen molar-refractivity contribution in [3.05, 3.63) is 53.6 Å². The van der Waals surface area contributed by atoms with E-state index in [0.29, 0.717) is 24.4 Å². The van der Waals surface area contributed by atoms with Crippen LogP contribution in [0.25, 0.3) is 22.3 Å². The van der Waals surface area contributed by atoms with E-state index in [1.54, 1.807) is 30.0 Å². The average molecular weight is 522 g/mol. The molecule has 1 amide bonds. The molecule has 1 aromatic carbocycles. The molecule has 198 valence electrons. The highest BCUT2D eigenvalue weighted by Gasteiger charge is 2.23. The predicted molar refractivity (Wildman–Crippen MR) is 139 cm³/mol. The van der Waals surface area contributed by atoms with Crippen molar-refractivity contribution in [1.29, 1.82) is 0 Å². The molecular weight excluding hydrogens is 492 g/mol. The first-order chi connectivity index (χ1) is 18.2. The highest BCUT2D eigenvalue weighted by molar-refractivity contribution is 5.92. The minimum Gasteiger partial charge on any atom is -0.335 e. The fourth-order valence-electron chi connectivity index (χ4n) is 4.74. The van der Waals surface area contributed by atoms with Crippen molar-refractivity contribution in [1.82, 2.24) is 39.5 Å². The van der Waals surface area contributed by atoms with E-state index in [9.17, 15) is 13.6 Å². The van der Waals surface area contributed by atoms with Gasteiger partial charge < -0.3 is 19.7 Å². The molecule has 0 radical (unpaired) electrons. The van der Waals surface area contributed by atoms with Gasteiger partial charge in [0.25, 0.3) is 5.91 Å². The molecule has 1 fully saturated rings. The van der Waals surface area contributed by atoms with E-state index in [4.69, 9.17) is 0 Å². The number of halogens is 2. The molecule has 0 saturated carbocycles. The van der Waals surface area contributed by atoms with Gasteiger partial charge in [-0.2, -0.15) is 0 Å². The lowest BCUT2D eigenvalue weighted by atomic mass is 10.1. The normalized spacial score (nSPS) is 14.4. The molecule has 0 aliphatic carbocycles. The van der Waals surface area contributed by atoms with Crippen LogP contribution in [0.5, 0.6) is 0 Å². The fraction of sp³-hybridized carbons (Fsp3) is 0.385. The zero-order valence-corrected chi connectivity index (χ0v) is 21.7. The number of nitrogens with zero attached hydrogens (tertiary/aromatic N) is 8. The van der Waals surface area contributed by atoms with Gasteiger partial charge in [0, 0.05) is 37.8 Å². The monoisotopic (exact) mass is 521 g/mol. The molecule has 12 heteroatoms. The maximum absolute atomic E-state index is 14.9. The summed E-state index contributed by atoms with van der Waals surface area (Å²) in [5, 5.41) is 11.0. The molecule has 0 unspecified atom stereocenters. The maximum atomic E-state index is 14.9. The fourth-order valence-corrected chi connectivity index (χ4v) is 4.74. The summed E-state index contributed by atoms with van der Waals surface area (Å²) in [6.45, 7) is 11.7. The molecule has 10 nitrogen and oxygen atoms in total. The van der Waals surface area contributed by atoms with Crippen LogP contribution in [0, 0.1) is 18.6 Å². The Morgan fingerprint density at radius 2 is 1.82 bits per heavy atom. The first-order valence-corrected chi connectivity index (χ1v) is 12.6. The highest BCUT2D eigenvalue weighted by atomic mass is 19.1. The molecule has 38 heavy (non-hydrogen) atoms. The van der Waals surface area contributed by atoms with Gasteiger partial charge in [-0.05, 0) is 51.6 Å². The van der Waals surface area contributed by atoms with E-state index >= 15 is 0 Å². The molecule has 3 aromatic heterocycles. The maximum Gasteiger partial charge on any atom is 0.274 e. The third-order valence-electron chi connectivity index (χ3n) is 6.69. The minimum absolute atomic E-state index is 0.0384. The molecule has 4 heterocycles. The first-order valence-electron chi connectivity index (χ1n) is 12.6. The number of piperazine rings is 1. The van der Waals surface area contributed by atoms with Crippen molar-refractivity contribution < 1.29 is 13.6 Å². The molecular formula is C26H29F2N9O.